The highest BCUT2D eigenvalue weighted by molar-refractivity contribution is 5.91. The lowest BCUT2D eigenvalue weighted by atomic mass is 9.97. The van der Waals surface area contributed by atoms with Gasteiger partial charge in [-0.05, 0) is 61.0 Å². The summed E-state index contributed by atoms with van der Waals surface area (Å²) in [6.45, 7) is 1.69. The number of hydrogen-bond donors (Lipinski definition) is 0. The van der Waals surface area contributed by atoms with Gasteiger partial charge in [0, 0.05) is 13.5 Å². The predicted molar refractivity (Wildman–Crippen MR) is 218 cm³/mol. The Morgan fingerprint density at radius 2 is 0.918 bits per heavy atom. The molecule has 9 atom stereocenters. The predicted octanol–water partition coefficient (Wildman–Crippen LogP) is 7.00. The zero-order valence-electron chi connectivity index (χ0n) is 33.6. The van der Waals surface area contributed by atoms with Crippen molar-refractivity contribution in [3.63, 3.8) is 0 Å². The number of carbonyl (C=O) groups is 4. The maximum atomic E-state index is 13.8. The lowest BCUT2D eigenvalue weighted by molar-refractivity contribution is -0.310. The molecule has 2 aliphatic heterocycles. The Morgan fingerprint density at radius 1 is 0.508 bits per heavy atom. The topological polar surface area (TPSA) is 151 Å². The monoisotopic (exact) mass is 830 g/mol. The van der Waals surface area contributed by atoms with Crippen LogP contribution in [0, 0.1) is 0 Å². The first kappa shape index (κ1) is 42.9. The molecule has 0 amide bonds. The van der Waals surface area contributed by atoms with Crippen LogP contribution in [0.2, 0.25) is 0 Å². The fourth-order valence-electron chi connectivity index (χ4n) is 7.09. The Morgan fingerprint density at radius 3 is 1.38 bits per heavy atom. The van der Waals surface area contributed by atoms with Crippen LogP contribution in [-0.4, -0.2) is 92.9 Å². The van der Waals surface area contributed by atoms with Gasteiger partial charge in [0.15, 0.2) is 37.0 Å². The molecule has 0 spiro atoms. The van der Waals surface area contributed by atoms with Gasteiger partial charge in [-0.15, -0.1) is 0 Å². The van der Waals surface area contributed by atoms with Crippen LogP contribution < -0.4 is 0 Å². The van der Waals surface area contributed by atoms with Crippen LogP contribution in [0.15, 0.2) is 152 Å². The number of benzene rings is 5. The molecule has 7 rings (SSSR count). The minimum Gasteiger partial charge on any atom is -0.453 e. The lowest BCUT2D eigenvalue weighted by Crippen LogP contribution is -2.63. The van der Waals surface area contributed by atoms with Crippen molar-refractivity contribution in [1.82, 2.24) is 0 Å². The summed E-state index contributed by atoms with van der Waals surface area (Å²) < 4.78 is 55.4. The Hall–Kier alpha value is -6.22. The number of methoxy groups -OCH3 is 1. The Labute approximate surface area is 353 Å². The number of hydrogen-bond acceptors (Lipinski definition) is 13. The third-order valence-corrected chi connectivity index (χ3v) is 10.2. The van der Waals surface area contributed by atoms with Crippen molar-refractivity contribution in [3.8, 4) is 0 Å². The molecule has 0 aliphatic carbocycles. The molecule has 0 saturated carbocycles. The molecule has 5 aromatic carbocycles. The van der Waals surface area contributed by atoms with Gasteiger partial charge in [0.05, 0.1) is 41.6 Å². The van der Waals surface area contributed by atoms with Gasteiger partial charge in [-0.2, -0.15) is 0 Å². The molecule has 61 heavy (non-hydrogen) atoms. The van der Waals surface area contributed by atoms with E-state index in [1.54, 1.807) is 122 Å². The smallest absolute Gasteiger partial charge is 0.338 e. The van der Waals surface area contributed by atoms with Gasteiger partial charge in [0.25, 0.3) is 0 Å². The molecule has 2 heterocycles. The molecule has 0 radical (unpaired) electrons. The van der Waals surface area contributed by atoms with Crippen LogP contribution in [-0.2, 0) is 49.2 Å². The average molecular weight is 831 g/mol. The van der Waals surface area contributed by atoms with Crippen molar-refractivity contribution in [2.45, 2.75) is 75.3 Å². The van der Waals surface area contributed by atoms with Gasteiger partial charge in [-0.3, -0.25) is 0 Å². The molecular formula is C48H46O13. The highest BCUT2D eigenvalue weighted by atomic mass is 16.7. The Kier molecular flexibility index (Phi) is 14.7. The fraction of sp³-hybridized carbons (Fsp3) is 0.292. The van der Waals surface area contributed by atoms with E-state index in [2.05, 4.69) is 0 Å². The van der Waals surface area contributed by atoms with Gasteiger partial charge >= 0.3 is 23.9 Å². The second-order valence-electron chi connectivity index (χ2n) is 14.4. The zero-order chi connectivity index (χ0) is 42.6. The maximum Gasteiger partial charge on any atom is 0.338 e. The summed E-state index contributed by atoms with van der Waals surface area (Å²) in [5.74, 6) is -2.82. The highest BCUT2D eigenvalue weighted by Crippen LogP contribution is 2.33. The first-order valence-electron chi connectivity index (χ1n) is 19.9. The van der Waals surface area contributed by atoms with E-state index in [9.17, 15) is 19.2 Å². The van der Waals surface area contributed by atoms with Gasteiger partial charge in [-0.1, -0.05) is 103 Å². The van der Waals surface area contributed by atoms with E-state index in [-0.39, 0.29) is 36.3 Å². The van der Waals surface area contributed by atoms with E-state index in [1.165, 1.54) is 7.11 Å². The van der Waals surface area contributed by atoms with E-state index >= 15 is 0 Å². The van der Waals surface area contributed by atoms with E-state index in [0.717, 1.165) is 5.56 Å². The Bertz CT molecular complexity index is 2170. The molecular weight excluding hydrogens is 785 g/mol. The molecule has 2 fully saturated rings. The molecule has 0 bridgehead atoms. The molecule has 13 nitrogen and oxygen atoms in total. The van der Waals surface area contributed by atoms with Crippen LogP contribution >= 0.6 is 0 Å². The standard InChI is InChI=1S/C48H46O13/c1-31-40(58-44(49)33-20-10-4-11-21-33)37(54-29-32-18-8-3-9-19-32)28-39(56-31)55-30-38-41(59-45(50)34-22-12-5-13-23-34)42(60-46(51)35-24-14-6-15-25-35)43(48(53-2)57-38)61-47(52)36-26-16-7-17-27-36/h3-27,31,37-43,48H,28-30H2,1-2H3/t31-,37-,38-,39+,40-,41-,42+,43-,48+/m1/s1. The third kappa shape index (κ3) is 11.1. The van der Waals surface area contributed by atoms with E-state index in [4.69, 9.17) is 42.6 Å². The molecule has 0 aromatic heterocycles. The SMILES string of the molecule is CO[C@H]1O[C@H](CO[C@@H]2C[C@@H](OCc3ccccc3)[C@H](OC(=O)c3ccccc3)[C@@H](C)O2)[C@@H](OC(=O)c2ccccc2)[C@H](OC(=O)c2ccccc2)[C@H]1OC(=O)c1ccccc1. The largest absolute Gasteiger partial charge is 0.453 e. The van der Waals surface area contributed by atoms with Crippen molar-refractivity contribution >= 4 is 23.9 Å². The summed E-state index contributed by atoms with van der Waals surface area (Å²) in [6, 6.07) is 42.9. The molecule has 5 aromatic rings. The summed E-state index contributed by atoms with van der Waals surface area (Å²) in [7, 11) is 1.34. The molecule has 13 heteroatoms. The first-order valence-corrected chi connectivity index (χ1v) is 19.9. The van der Waals surface area contributed by atoms with Gasteiger partial charge < -0.3 is 42.6 Å². The van der Waals surface area contributed by atoms with Gasteiger partial charge in [-0.25, -0.2) is 19.2 Å². The summed E-state index contributed by atoms with van der Waals surface area (Å²) in [4.78, 5) is 54.4. The van der Waals surface area contributed by atoms with Crippen LogP contribution in [0.4, 0.5) is 0 Å². The average Bonchev–Trinajstić information content (AvgIpc) is 3.31. The number of carbonyl (C=O) groups excluding carboxylic acids is 4. The van der Waals surface area contributed by atoms with Crippen molar-refractivity contribution < 1.29 is 61.8 Å². The van der Waals surface area contributed by atoms with E-state index in [1.807, 2.05) is 36.4 Å². The van der Waals surface area contributed by atoms with Crippen molar-refractivity contribution in [2.75, 3.05) is 13.7 Å². The number of ether oxygens (including phenoxy) is 9. The molecule has 2 aliphatic rings. The first-order chi connectivity index (χ1) is 29.8. The fourth-order valence-corrected chi connectivity index (χ4v) is 7.09. The lowest BCUT2D eigenvalue weighted by Gasteiger charge is -2.45. The van der Waals surface area contributed by atoms with Crippen molar-refractivity contribution in [3.05, 3.63) is 179 Å². The summed E-state index contributed by atoms with van der Waals surface area (Å²) in [6.07, 6.45) is -9.77. The van der Waals surface area contributed by atoms with Crippen LogP contribution in [0.5, 0.6) is 0 Å². The minimum absolute atomic E-state index is 0.128. The zero-order valence-corrected chi connectivity index (χ0v) is 33.6. The Balaban J connectivity index is 1.16. The second kappa shape index (κ2) is 20.8. The second-order valence-corrected chi connectivity index (χ2v) is 14.4. The number of esters is 4. The molecule has 0 N–H and O–H groups in total. The van der Waals surface area contributed by atoms with Crippen LogP contribution in [0.3, 0.4) is 0 Å². The van der Waals surface area contributed by atoms with Crippen LogP contribution in [0.25, 0.3) is 0 Å². The van der Waals surface area contributed by atoms with Gasteiger partial charge in [0.2, 0.25) is 0 Å². The normalized spacial score (nSPS) is 24.8. The van der Waals surface area contributed by atoms with E-state index < -0.39 is 79.2 Å². The minimum atomic E-state index is -1.46. The van der Waals surface area contributed by atoms with Crippen molar-refractivity contribution in [1.29, 1.82) is 0 Å². The summed E-state index contributed by atoms with van der Waals surface area (Å²) in [5.41, 5.74) is 1.92. The summed E-state index contributed by atoms with van der Waals surface area (Å²) >= 11 is 0. The van der Waals surface area contributed by atoms with Crippen LogP contribution in [0.1, 0.15) is 60.3 Å². The summed E-state index contributed by atoms with van der Waals surface area (Å²) in [5, 5.41) is 0. The van der Waals surface area contributed by atoms with Crippen molar-refractivity contribution in [2.24, 2.45) is 0 Å². The van der Waals surface area contributed by atoms with Gasteiger partial charge in [0.1, 0.15) is 12.2 Å². The number of rotatable bonds is 15. The molecule has 0 unspecified atom stereocenters. The third-order valence-electron chi connectivity index (χ3n) is 10.2. The molecule has 316 valence electrons. The highest BCUT2D eigenvalue weighted by Gasteiger charge is 2.53. The van der Waals surface area contributed by atoms with E-state index in [0.29, 0.717) is 5.56 Å². The quantitative estimate of drug-likeness (QED) is 0.0788. The molecule has 2 saturated heterocycles. The maximum absolute atomic E-state index is 13.8.